The molecule has 0 spiro atoms. The molecule has 0 bridgehead atoms. The molecule has 0 amide bonds. The maximum atomic E-state index is 12.5. The van der Waals surface area contributed by atoms with Gasteiger partial charge in [0.25, 0.3) is 6.43 Å². The number of likely N-dealkylation sites (N-methyl/N-ethyl adjacent to an activating group) is 2. The Hall–Kier alpha value is -0.960. The molecule has 0 radical (unpaired) electrons. The molecule has 360 valence electrons. The van der Waals surface area contributed by atoms with Crippen LogP contribution in [0.25, 0.3) is 0 Å². The summed E-state index contributed by atoms with van der Waals surface area (Å²) in [5.74, 6) is 0. The van der Waals surface area contributed by atoms with Crippen molar-refractivity contribution in [1.29, 1.82) is 0 Å². The fourth-order valence-corrected chi connectivity index (χ4v) is 8.74. The highest BCUT2D eigenvalue weighted by Gasteiger charge is 2.46. The molecular weight excluding hydrogens is 797 g/mol. The summed E-state index contributed by atoms with van der Waals surface area (Å²) in [7, 11) is 4.41. The van der Waals surface area contributed by atoms with Gasteiger partial charge in [-0.15, -0.1) is 0 Å². The minimum atomic E-state index is -4.11. The fraction of sp³-hybridized carbons (Fsp3) is 1.00. The summed E-state index contributed by atoms with van der Waals surface area (Å²) in [5, 5.41) is 8.51. The molecule has 0 saturated carbocycles. The van der Waals surface area contributed by atoms with E-state index in [2.05, 4.69) is 91.2 Å². The second-order valence-corrected chi connectivity index (χ2v) is 18.5. The first-order valence-corrected chi connectivity index (χ1v) is 22.4. The van der Waals surface area contributed by atoms with Crippen molar-refractivity contribution < 1.29 is 35.1 Å². The van der Waals surface area contributed by atoms with Crippen LogP contribution in [0.2, 0.25) is 0 Å². The van der Waals surface area contributed by atoms with E-state index < -0.39 is 36.9 Å². The van der Waals surface area contributed by atoms with Crippen LogP contribution in [0.1, 0.15) is 83.1 Å². The number of nitrogens with one attached hydrogen (secondary N) is 3. The molecular formula is C42H86F8N10. The molecule has 0 unspecified atom stereocenters. The third-order valence-corrected chi connectivity index (χ3v) is 12.0. The molecule has 5 saturated heterocycles. The van der Waals surface area contributed by atoms with Crippen molar-refractivity contribution in [2.75, 3.05) is 112 Å². The van der Waals surface area contributed by atoms with Crippen LogP contribution in [0.5, 0.6) is 0 Å². The van der Waals surface area contributed by atoms with Crippen molar-refractivity contribution in [3.8, 4) is 0 Å². The van der Waals surface area contributed by atoms with E-state index in [1.54, 1.807) is 27.7 Å². The van der Waals surface area contributed by atoms with Crippen LogP contribution in [0.4, 0.5) is 35.1 Å². The molecule has 0 aromatic rings. The zero-order valence-corrected chi connectivity index (χ0v) is 39.6. The van der Waals surface area contributed by atoms with Gasteiger partial charge in [0.2, 0.25) is 0 Å². The molecule has 0 aliphatic carbocycles. The Balaban J connectivity index is 0.000000376. The summed E-state index contributed by atoms with van der Waals surface area (Å²) in [5.41, 5.74) is 0. The summed E-state index contributed by atoms with van der Waals surface area (Å²) >= 11 is 0. The topological polar surface area (TPSA) is 58.8 Å². The number of halogens is 8. The van der Waals surface area contributed by atoms with Gasteiger partial charge in [-0.05, 0) is 97.2 Å². The number of alkyl halides is 8. The molecule has 5 fully saturated rings. The van der Waals surface area contributed by atoms with Crippen LogP contribution in [0.15, 0.2) is 0 Å². The van der Waals surface area contributed by atoms with Crippen LogP contribution in [0, 0.1) is 0 Å². The van der Waals surface area contributed by atoms with E-state index in [4.69, 9.17) is 0 Å². The Labute approximate surface area is 359 Å². The van der Waals surface area contributed by atoms with Crippen molar-refractivity contribution in [2.45, 2.75) is 162 Å². The highest BCUT2D eigenvalue weighted by Crippen LogP contribution is 2.28. The summed E-state index contributed by atoms with van der Waals surface area (Å²) in [4.78, 5) is 14.8. The van der Waals surface area contributed by atoms with Crippen molar-refractivity contribution in [3.63, 3.8) is 0 Å². The molecule has 5 aliphatic rings. The number of piperazine rings is 5. The number of hydrogen-bond donors (Lipinski definition) is 3. The van der Waals surface area contributed by atoms with Crippen LogP contribution < -0.4 is 16.0 Å². The van der Waals surface area contributed by atoms with Crippen LogP contribution in [-0.4, -0.2) is 226 Å². The predicted octanol–water partition coefficient (Wildman–Crippen LogP) is 5.46. The summed E-state index contributed by atoms with van der Waals surface area (Å²) in [6.45, 7) is 36.4. The van der Waals surface area contributed by atoms with Crippen LogP contribution >= 0.6 is 0 Å². The van der Waals surface area contributed by atoms with E-state index in [0.29, 0.717) is 44.8 Å². The first-order valence-electron chi connectivity index (χ1n) is 22.4. The van der Waals surface area contributed by atoms with Gasteiger partial charge in [0.15, 0.2) is 0 Å². The van der Waals surface area contributed by atoms with Gasteiger partial charge in [-0.2, -0.15) is 26.3 Å². The molecule has 5 rings (SSSR count). The normalized spacial score (nSPS) is 27.9. The van der Waals surface area contributed by atoms with Gasteiger partial charge in [0.1, 0.15) is 12.1 Å². The molecule has 3 N–H and O–H groups in total. The van der Waals surface area contributed by atoms with E-state index in [1.165, 1.54) is 49.1 Å². The standard InChI is InChI=1S/2C9H20N2.2C8H15F3N2.C8H16F2N2/c2*1-8(2)11-6-5-10(4)7-9(11)3;2*1-6(2)13-4-3-12-5-7(13)8(9,10)11;1-6(2)12-4-3-11-5-7(12)8(9)10/h2*8-9H,5-7H2,1-4H3;2*6-7,12H,3-5H2,1-2H3;6-8,11H,3-5H2,1-2H3/t2*9-;3*7-/m10100/s1. The van der Waals surface area contributed by atoms with E-state index in [0.717, 1.165) is 25.2 Å². The average molecular weight is 883 g/mol. The lowest BCUT2D eigenvalue weighted by Gasteiger charge is -2.40. The van der Waals surface area contributed by atoms with Gasteiger partial charge in [-0.3, -0.25) is 24.5 Å². The van der Waals surface area contributed by atoms with Crippen molar-refractivity contribution in [2.24, 2.45) is 0 Å². The third kappa shape index (κ3) is 20.3. The first kappa shape index (κ1) is 57.1. The third-order valence-electron chi connectivity index (χ3n) is 12.0. The molecule has 5 heterocycles. The van der Waals surface area contributed by atoms with Crippen LogP contribution in [-0.2, 0) is 0 Å². The molecule has 18 heteroatoms. The minimum Gasteiger partial charge on any atom is -0.314 e. The van der Waals surface area contributed by atoms with Gasteiger partial charge in [0, 0.05) is 140 Å². The number of rotatable bonds is 6. The van der Waals surface area contributed by atoms with Crippen LogP contribution in [0.3, 0.4) is 0 Å². The lowest BCUT2D eigenvalue weighted by molar-refractivity contribution is -0.192. The minimum absolute atomic E-state index is 0.0156. The van der Waals surface area contributed by atoms with Crippen molar-refractivity contribution in [1.82, 2.24) is 50.2 Å². The maximum absolute atomic E-state index is 12.5. The molecule has 5 aliphatic heterocycles. The second kappa shape index (κ2) is 27.4. The van der Waals surface area contributed by atoms with Gasteiger partial charge < -0.3 is 25.8 Å². The molecule has 0 aromatic heterocycles. The van der Waals surface area contributed by atoms with E-state index in [1.807, 2.05) is 18.7 Å². The first-order chi connectivity index (χ1) is 27.7. The summed E-state index contributed by atoms with van der Waals surface area (Å²) < 4.78 is 99.7. The molecule has 10 nitrogen and oxygen atoms in total. The van der Waals surface area contributed by atoms with E-state index in [9.17, 15) is 35.1 Å². The predicted molar refractivity (Wildman–Crippen MR) is 231 cm³/mol. The summed E-state index contributed by atoms with van der Waals surface area (Å²) in [6.07, 6.45) is -10.5. The Morgan fingerprint density at radius 1 is 0.433 bits per heavy atom. The van der Waals surface area contributed by atoms with E-state index >= 15 is 0 Å². The Morgan fingerprint density at radius 2 is 0.733 bits per heavy atom. The summed E-state index contributed by atoms with van der Waals surface area (Å²) in [6, 6.07) is -0.241. The van der Waals surface area contributed by atoms with Gasteiger partial charge in [-0.25, -0.2) is 8.78 Å². The Bertz CT molecular complexity index is 1030. The van der Waals surface area contributed by atoms with Gasteiger partial charge >= 0.3 is 12.4 Å². The number of hydrogen-bond acceptors (Lipinski definition) is 10. The smallest absolute Gasteiger partial charge is 0.314 e. The quantitative estimate of drug-likeness (QED) is 0.301. The second-order valence-electron chi connectivity index (χ2n) is 18.5. The zero-order chi connectivity index (χ0) is 46.1. The SMILES string of the molecule is CC(C)N1CCN(C)C[C@@H]1C.CC(C)N1CCN(C)C[C@H]1C.CC(C)N1CCNC[C@@H]1C(F)(F)F.CC(C)N1CCNC[C@H]1C(F)(F)F.CC(C)N1CCNC[C@H]1C(F)F. The zero-order valence-electron chi connectivity index (χ0n) is 39.6. The molecule has 0 aromatic carbocycles. The maximum Gasteiger partial charge on any atom is 0.405 e. The molecule has 60 heavy (non-hydrogen) atoms. The monoisotopic (exact) mass is 883 g/mol. The van der Waals surface area contributed by atoms with Crippen molar-refractivity contribution in [3.05, 3.63) is 0 Å². The lowest BCUT2D eigenvalue weighted by Crippen LogP contribution is -2.59. The number of nitrogens with zero attached hydrogens (tertiary/aromatic N) is 7. The highest BCUT2D eigenvalue weighted by molar-refractivity contribution is 4.88. The van der Waals surface area contributed by atoms with E-state index in [-0.39, 0.29) is 31.2 Å². The highest BCUT2D eigenvalue weighted by atomic mass is 19.4. The Morgan fingerprint density at radius 3 is 0.967 bits per heavy atom. The van der Waals surface area contributed by atoms with Gasteiger partial charge in [0.05, 0.1) is 6.04 Å². The largest absolute Gasteiger partial charge is 0.405 e. The van der Waals surface area contributed by atoms with Gasteiger partial charge in [-0.1, -0.05) is 0 Å². The molecule has 5 atom stereocenters. The average Bonchev–Trinajstić information content (AvgIpc) is 3.15. The van der Waals surface area contributed by atoms with Crippen molar-refractivity contribution >= 4 is 0 Å². The Kier molecular flexibility index (Phi) is 26.0. The lowest BCUT2D eigenvalue weighted by atomic mass is 10.1. The fourth-order valence-electron chi connectivity index (χ4n) is 8.74.